The van der Waals surface area contributed by atoms with Crippen molar-refractivity contribution in [3.8, 4) is 11.5 Å². The highest BCUT2D eigenvalue weighted by molar-refractivity contribution is 5.96. The summed E-state index contributed by atoms with van der Waals surface area (Å²) in [6, 6.07) is 3.27. The molecule has 1 rings (SSSR count). The van der Waals surface area contributed by atoms with Gasteiger partial charge in [0.2, 0.25) is 5.91 Å². The Morgan fingerprint density at radius 2 is 2.25 bits per heavy atom. The third-order valence-corrected chi connectivity index (χ3v) is 2.42. The normalized spacial score (nSPS) is 11.8. The van der Waals surface area contributed by atoms with E-state index in [0.717, 1.165) is 0 Å². The molecule has 0 fully saturated rings. The Hall–Kier alpha value is -2.15. The average molecular weight is 286 g/mol. The molecule has 0 aliphatic carbocycles. The lowest BCUT2D eigenvalue weighted by atomic mass is 10.2. The van der Waals surface area contributed by atoms with Gasteiger partial charge in [-0.25, -0.2) is 0 Å². The fourth-order valence-corrected chi connectivity index (χ4v) is 1.44. The van der Waals surface area contributed by atoms with Gasteiger partial charge in [0.15, 0.2) is 0 Å². The van der Waals surface area contributed by atoms with Crippen LogP contribution in [-0.4, -0.2) is 25.7 Å². The molecule has 1 aromatic rings. The number of carbonyl (C=O) groups is 1. The first-order valence-electron chi connectivity index (χ1n) is 5.78. The molecule has 20 heavy (non-hydrogen) atoms. The lowest BCUT2D eigenvalue weighted by Crippen LogP contribution is -2.35. The van der Waals surface area contributed by atoms with E-state index >= 15 is 0 Å². The van der Waals surface area contributed by atoms with Crippen LogP contribution in [-0.2, 0) is 4.79 Å². The molecule has 0 spiro atoms. The lowest BCUT2D eigenvalue weighted by molar-refractivity contribution is -0.117. The number of rotatable bonds is 7. The Morgan fingerprint density at radius 3 is 2.80 bits per heavy atom. The standard InChI is InChI=1S/C13H16F2N2O3/c1-3-4-9(16)12(18)17-10-7-8(19-2)5-6-11(10)20-13(14)15/h3,5-7,9,13H,1,4,16H2,2H3,(H,17,18). The Bertz CT molecular complexity index is 481. The molecule has 0 bridgehead atoms. The molecule has 0 aliphatic heterocycles. The van der Waals surface area contributed by atoms with Gasteiger partial charge in [-0.05, 0) is 18.6 Å². The van der Waals surface area contributed by atoms with Crippen molar-refractivity contribution in [1.82, 2.24) is 0 Å². The number of carbonyl (C=O) groups excluding carboxylic acids is 1. The maximum atomic E-state index is 12.3. The van der Waals surface area contributed by atoms with Crippen LogP contribution in [0.2, 0.25) is 0 Å². The van der Waals surface area contributed by atoms with Crippen molar-refractivity contribution in [3.63, 3.8) is 0 Å². The largest absolute Gasteiger partial charge is 0.497 e. The van der Waals surface area contributed by atoms with Crippen LogP contribution in [0.3, 0.4) is 0 Å². The van der Waals surface area contributed by atoms with E-state index in [1.807, 2.05) is 0 Å². The van der Waals surface area contributed by atoms with Gasteiger partial charge in [0, 0.05) is 6.07 Å². The smallest absolute Gasteiger partial charge is 0.387 e. The summed E-state index contributed by atoms with van der Waals surface area (Å²) in [6.45, 7) is 0.471. The van der Waals surface area contributed by atoms with Crippen molar-refractivity contribution in [2.45, 2.75) is 19.1 Å². The predicted octanol–water partition coefficient (Wildman–Crippen LogP) is 2.14. The van der Waals surface area contributed by atoms with Gasteiger partial charge in [-0.3, -0.25) is 4.79 Å². The van der Waals surface area contributed by atoms with Crippen LogP contribution in [0.25, 0.3) is 0 Å². The summed E-state index contributed by atoms with van der Waals surface area (Å²) in [4.78, 5) is 11.8. The SMILES string of the molecule is C=CCC(N)C(=O)Nc1cc(OC)ccc1OC(F)F. The molecule has 7 heteroatoms. The van der Waals surface area contributed by atoms with E-state index in [1.165, 1.54) is 31.4 Å². The Balaban J connectivity index is 2.94. The Morgan fingerprint density at radius 1 is 1.55 bits per heavy atom. The number of hydrogen-bond donors (Lipinski definition) is 2. The first kappa shape index (κ1) is 15.9. The molecule has 0 heterocycles. The molecule has 110 valence electrons. The van der Waals surface area contributed by atoms with Gasteiger partial charge >= 0.3 is 6.61 Å². The summed E-state index contributed by atoms with van der Waals surface area (Å²) >= 11 is 0. The van der Waals surface area contributed by atoms with Crippen molar-refractivity contribution in [2.24, 2.45) is 5.73 Å². The number of anilines is 1. The number of benzene rings is 1. The molecular weight excluding hydrogens is 270 g/mol. The zero-order chi connectivity index (χ0) is 15.1. The van der Waals surface area contributed by atoms with Crippen LogP contribution in [0, 0.1) is 0 Å². The minimum Gasteiger partial charge on any atom is -0.497 e. The van der Waals surface area contributed by atoms with Gasteiger partial charge in [-0.2, -0.15) is 8.78 Å². The van der Waals surface area contributed by atoms with Gasteiger partial charge in [-0.1, -0.05) is 6.08 Å². The molecule has 0 saturated carbocycles. The van der Waals surface area contributed by atoms with Crippen LogP contribution in [0.15, 0.2) is 30.9 Å². The summed E-state index contributed by atoms with van der Waals surface area (Å²) in [6.07, 6.45) is 1.76. The van der Waals surface area contributed by atoms with Crippen molar-refractivity contribution in [1.29, 1.82) is 0 Å². The van der Waals surface area contributed by atoms with E-state index < -0.39 is 18.6 Å². The van der Waals surface area contributed by atoms with Crippen molar-refractivity contribution in [3.05, 3.63) is 30.9 Å². The van der Waals surface area contributed by atoms with Crippen LogP contribution in [0.1, 0.15) is 6.42 Å². The summed E-state index contributed by atoms with van der Waals surface area (Å²) in [7, 11) is 1.41. The molecule has 3 N–H and O–H groups in total. The van der Waals surface area contributed by atoms with E-state index in [9.17, 15) is 13.6 Å². The topological polar surface area (TPSA) is 73.6 Å². The van der Waals surface area contributed by atoms with Gasteiger partial charge in [0.25, 0.3) is 0 Å². The van der Waals surface area contributed by atoms with Crippen molar-refractivity contribution < 1.29 is 23.0 Å². The number of halogens is 2. The molecule has 1 atom stereocenters. The number of ether oxygens (including phenoxy) is 2. The summed E-state index contributed by atoms with van der Waals surface area (Å²) in [5.74, 6) is -0.309. The first-order chi connectivity index (χ1) is 9.47. The number of alkyl halides is 2. The Labute approximate surface area is 115 Å². The fourth-order valence-electron chi connectivity index (χ4n) is 1.44. The van der Waals surface area contributed by atoms with Gasteiger partial charge in [0.1, 0.15) is 11.5 Å². The van der Waals surface area contributed by atoms with Crippen molar-refractivity contribution >= 4 is 11.6 Å². The van der Waals surface area contributed by atoms with E-state index in [0.29, 0.717) is 5.75 Å². The molecule has 1 amide bonds. The maximum absolute atomic E-state index is 12.3. The number of methoxy groups -OCH3 is 1. The van der Waals surface area contributed by atoms with Gasteiger partial charge in [0.05, 0.1) is 18.8 Å². The van der Waals surface area contributed by atoms with Gasteiger partial charge in [-0.15, -0.1) is 6.58 Å². The molecule has 1 unspecified atom stereocenters. The molecule has 0 radical (unpaired) electrons. The second-order valence-electron chi connectivity index (χ2n) is 3.86. The first-order valence-corrected chi connectivity index (χ1v) is 5.78. The van der Waals surface area contributed by atoms with Crippen LogP contribution < -0.4 is 20.5 Å². The van der Waals surface area contributed by atoms with Crippen LogP contribution >= 0.6 is 0 Å². The number of nitrogens with one attached hydrogen (secondary N) is 1. The second kappa shape index (κ2) is 7.44. The average Bonchev–Trinajstić information content (AvgIpc) is 2.40. The third kappa shape index (κ3) is 4.51. The summed E-state index contributed by atoms with van der Waals surface area (Å²) in [5, 5.41) is 2.43. The lowest BCUT2D eigenvalue weighted by Gasteiger charge is -2.15. The maximum Gasteiger partial charge on any atom is 0.387 e. The summed E-state index contributed by atoms with van der Waals surface area (Å²) in [5.41, 5.74) is 5.66. The highest BCUT2D eigenvalue weighted by Crippen LogP contribution is 2.30. The van der Waals surface area contributed by atoms with Crippen LogP contribution in [0.4, 0.5) is 14.5 Å². The molecule has 1 aromatic carbocycles. The number of nitrogens with two attached hydrogens (primary N) is 1. The quantitative estimate of drug-likeness (QED) is 0.753. The van der Waals surface area contributed by atoms with Gasteiger partial charge < -0.3 is 20.5 Å². The molecule has 0 aliphatic rings. The molecule has 0 aromatic heterocycles. The highest BCUT2D eigenvalue weighted by atomic mass is 19.3. The minimum atomic E-state index is -3.00. The zero-order valence-electron chi connectivity index (χ0n) is 10.9. The van der Waals surface area contributed by atoms with E-state index in [2.05, 4.69) is 16.6 Å². The number of amides is 1. The van der Waals surface area contributed by atoms with Crippen molar-refractivity contribution in [2.75, 3.05) is 12.4 Å². The van der Waals surface area contributed by atoms with Crippen LogP contribution in [0.5, 0.6) is 11.5 Å². The molecule has 5 nitrogen and oxygen atoms in total. The molecular formula is C13H16F2N2O3. The zero-order valence-corrected chi connectivity index (χ0v) is 10.9. The van der Waals surface area contributed by atoms with E-state index in [1.54, 1.807) is 0 Å². The second-order valence-corrected chi connectivity index (χ2v) is 3.86. The minimum absolute atomic E-state index is 0.0640. The Kier molecular flexibility index (Phi) is 5.92. The van der Waals surface area contributed by atoms with E-state index in [4.69, 9.17) is 10.5 Å². The predicted molar refractivity (Wildman–Crippen MR) is 71.0 cm³/mol. The fraction of sp³-hybridized carbons (Fsp3) is 0.308. The highest BCUT2D eigenvalue weighted by Gasteiger charge is 2.16. The number of hydrogen-bond acceptors (Lipinski definition) is 4. The third-order valence-electron chi connectivity index (χ3n) is 2.42. The monoisotopic (exact) mass is 286 g/mol. The summed E-state index contributed by atoms with van der Waals surface area (Å²) < 4.78 is 33.9. The molecule has 0 saturated heterocycles. The van der Waals surface area contributed by atoms with E-state index in [-0.39, 0.29) is 17.9 Å².